The van der Waals surface area contributed by atoms with Gasteiger partial charge in [0.05, 0.1) is 118 Å². The van der Waals surface area contributed by atoms with Gasteiger partial charge in [-0.2, -0.15) is 4.98 Å². The Morgan fingerprint density at radius 1 is 0.207 bits per heavy atom. The monoisotopic (exact) mass is 1780 g/mol. The number of fused-ring (bicyclic) bond motifs is 41. The van der Waals surface area contributed by atoms with E-state index in [-0.39, 0.29) is 0 Å². The van der Waals surface area contributed by atoms with Gasteiger partial charge >= 0.3 is 0 Å². The van der Waals surface area contributed by atoms with E-state index in [1.165, 1.54) is 163 Å². The van der Waals surface area contributed by atoms with Crippen LogP contribution in [0.15, 0.2) is 401 Å². The second-order valence-electron chi connectivity index (χ2n) is 36.5. The Hall–Kier alpha value is -19.7. The zero-order valence-electron chi connectivity index (χ0n) is 74.3. The van der Waals surface area contributed by atoms with Gasteiger partial charge in [0, 0.05) is 132 Å². The summed E-state index contributed by atoms with van der Waals surface area (Å²) in [6, 6.07) is 135. The largest absolute Gasteiger partial charge is 0.308 e. The molecule has 0 saturated carbocycles. The molecule has 642 valence electrons. The molecule has 0 aliphatic rings. The van der Waals surface area contributed by atoms with Crippen LogP contribution < -0.4 is 0 Å². The number of hydrogen-bond donors (Lipinski definition) is 0. The minimum Gasteiger partial charge on any atom is -0.308 e. The van der Waals surface area contributed by atoms with Crippen molar-refractivity contribution >= 4 is 267 Å². The Kier molecular flexibility index (Phi) is 15.4. The lowest BCUT2D eigenvalue weighted by atomic mass is 9.99. The number of para-hydroxylation sites is 6. The minimum atomic E-state index is 0.544. The van der Waals surface area contributed by atoms with E-state index in [1.54, 1.807) is 12.4 Å². The molecule has 0 saturated heterocycles. The minimum absolute atomic E-state index is 0.544. The summed E-state index contributed by atoms with van der Waals surface area (Å²) < 4.78 is 14.2. The van der Waals surface area contributed by atoms with Crippen molar-refractivity contribution in [2.75, 3.05) is 0 Å². The molecule has 0 bridgehead atoms. The van der Waals surface area contributed by atoms with Crippen molar-refractivity contribution in [1.82, 2.24) is 66.8 Å². The number of nitrogens with zero attached hydrogens (tertiary/aromatic N) is 16. The van der Waals surface area contributed by atoms with Crippen LogP contribution >= 0.6 is 0 Å². The first-order valence-corrected chi connectivity index (χ1v) is 46.8. The first-order chi connectivity index (χ1) is 69.4. The number of rotatable bonds is 5. The van der Waals surface area contributed by atoms with Gasteiger partial charge in [0.25, 0.3) is 0 Å². The lowest BCUT2D eigenvalue weighted by Gasteiger charge is -2.12. The number of pyridine rings is 4. The molecule has 15 heterocycles. The summed E-state index contributed by atoms with van der Waals surface area (Å²) in [7, 11) is 0. The van der Waals surface area contributed by atoms with Crippen LogP contribution in [-0.4, -0.2) is 66.8 Å². The normalized spacial score (nSPS) is 12.3. The highest BCUT2D eigenvalue weighted by molar-refractivity contribution is 6.41. The molecule has 0 aliphatic heterocycles. The average Bonchev–Trinajstić information content (AvgIpc) is 1.52. The third kappa shape index (κ3) is 10.3. The molecule has 0 aliphatic carbocycles. The molecule has 0 radical (unpaired) electrons. The summed E-state index contributed by atoms with van der Waals surface area (Å²) in [6.07, 6.45) is 5.40. The quantitative estimate of drug-likeness (QED) is 0.123. The highest BCUT2D eigenvalue weighted by Gasteiger charge is 2.32. The molecule has 16 heteroatoms. The Labute approximate surface area is 792 Å². The molecular weight excluding hydrogens is 1710 g/mol. The van der Waals surface area contributed by atoms with Crippen molar-refractivity contribution in [2.45, 2.75) is 0 Å². The number of hydrogen-bond acceptors (Lipinski definition) is 8. The van der Waals surface area contributed by atoms with Crippen molar-refractivity contribution in [3.63, 3.8) is 0 Å². The summed E-state index contributed by atoms with van der Waals surface area (Å²) in [5.74, 6) is 2.01. The molecule has 18 aromatic carbocycles. The van der Waals surface area contributed by atoms with Crippen molar-refractivity contribution in [2.24, 2.45) is 0 Å². The first-order valence-electron chi connectivity index (χ1n) is 46.8. The Balaban J connectivity index is 0.0000000969. The van der Waals surface area contributed by atoms with E-state index in [1.807, 2.05) is 85.1 Å². The van der Waals surface area contributed by atoms with E-state index in [0.29, 0.717) is 40.1 Å². The molecule has 16 nitrogen and oxygen atoms in total. The third-order valence-corrected chi connectivity index (χ3v) is 29.4. The van der Waals surface area contributed by atoms with Gasteiger partial charge in [-0.3, -0.25) is 23.7 Å². The Bertz CT molecular complexity index is 11000. The zero-order chi connectivity index (χ0) is 91.5. The maximum atomic E-state index is 7.65. The first kappa shape index (κ1) is 75.8. The predicted molar refractivity (Wildman–Crippen MR) is 575 cm³/mol. The topological polar surface area (TPSA) is 140 Å². The van der Waals surface area contributed by atoms with Gasteiger partial charge < -0.3 is 13.2 Å². The SMILES string of the molecule is [C-]#[N+]c1cccc(-c2nc(-n3c4ccccc4c4cc5c6ccccc6n6c7ccc8ccccc8c7c(c43)c56)nc3cccnc23)c1.[C-]#[N+]c1cccc(-c2nc(-n3c4ccccc4c4cc5c6ccccc6n6c7ccc8ccccc8c7c(c43)c56)nc3ncccc23)c1.c1ccc2c(c1)ccc1c2c2c3c(cc4c5ccccc5n1c42)c1ccccc1n3-c1ccc2ccc3cccnc3c2n1. The van der Waals surface area contributed by atoms with Crippen LogP contribution in [0.1, 0.15) is 0 Å². The highest BCUT2D eigenvalue weighted by atomic mass is 15.2. The lowest BCUT2D eigenvalue weighted by Crippen LogP contribution is -2.04. The molecule has 140 heavy (non-hydrogen) atoms. The van der Waals surface area contributed by atoms with Gasteiger partial charge in [-0.25, -0.2) is 34.6 Å². The molecule has 0 fully saturated rings. The molecule has 33 aromatic rings. The van der Waals surface area contributed by atoms with Crippen LogP contribution in [-0.2, 0) is 0 Å². The van der Waals surface area contributed by atoms with Crippen LogP contribution in [0.5, 0.6) is 0 Å². The summed E-state index contributed by atoms with van der Waals surface area (Å²) in [5, 5.41) is 32.3. The van der Waals surface area contributed by atoms with Gasteiger partial charge in [0.2, 0.25) is 11.9 Å². The fraction of sp³-hybridized carbons (Fsp3) is 0. The molecule has 0 spiro atoms. The van der Waals surface area contributed by atoms with Crippen LogP contribution in [0.4, 0.5) is 11.4 Å². The van der Waals surface area contributed by atoms with Crippen LogP contribution in [0.2, 0.25) is 0 Å². The van der Waals surface area contributed by atoms with E-state index < -0.39 is 0 Å². The maximum Gasteiger partial charge on any atom is 0.237 e. The van der Waals surface area contributed by atoms with Crippen molar-refractivity contribution in [1.29, 1.82) is 0 Å². The third-order valence-electron chi connectivity index (χ3n) is 29.4. The van der Waals surface area contributed by atoms with E-state index in [2.05, 4.69) is 340 Å². The van der Waals surface area contributed by atoms with Gasteiger partial charge in [-0.15, -0.1) is 0 Å². The van der Waals surface area contributed by atoms with Gasteiger partial charge in [0.1, 0.15) is 17.0 Å². The van der Waals surface area contributed by atoms with E-state index in [4.69, 9.17) is 53.0 Å². The van der Waals surface area contributed by atoms with Gasteiger partial charge in [-0.05, 0) is 171 Å². The van der Waals surface area contributed by atoms with Crippen molar-refractivity contribution in [3.05, 3.63) is 424 Å². The molecule has 0 amide bonds. The highest BCUT2D eigenvalue weighted by Crippen LogP contribution is 2.54. The summed E-state index contributed by atoms with van der Waals surface area (Å²) in [6.45, 7) is 15.3. The average molecular weight is 1780 g/mol. The standard InChI is InChI=1S/2C42H22N6.C40H22N4/c1-43-26-12-8-11-25(22-26)38-39-32(16-9-21-44-39)45-42(46-38)48-34-18-7-5-15-29(34)31-23-30-28-14-4-6-17-33(28)47-35-20-19-24-10-2-3-13-27(24)36(35)37(40(30)47)41(31)48;1-43-26-12-8-11-25(22-26)38-30-16-9-21-44-41(30)46-42(45-38)48-34-18-7-5-15-29(34)32-23-31-28-14-4-6-17-33(28)47-35-20-19-24-10-2-3-13-27(24)36(35)37(39(31)47)40(32)48;1-2-10-26-23(8-1)17-19-33-35(26)36-39-29(27-11-3-5-13-31(27)43(33)39)22-30-28-12-4-6-14-32(28)44(40(30)36)34-20-18-25-16-15-24-9-7-21-41-37(24)38(25)42-34/h2*2-23H;1-22H. The van der Waals surface area contributed by atoms with Crippen molar-refractivity contribution < 1.29 is 0 Å². The predicted octanol–water partition coefficient (Wildman–Crippen LogP) is 31.5. The van der Waals surface area contributed by atoms with Crippen LogP contribution in [0.25, 0.3) is 306 Å². The molecule has 33 rings (SSSR count). The van der Waals surface area contributed by atoms with Gasteiger partial charge in [-0.1, -0.05) is 255 Å². The molecule has 0 N–H and O–H groups in total. The maximum absolute atomic E-state index is 7.65. The number of aromatic nitrogens is 14. The van der Waals surface area contributed by atoms with E-state index in [0.717, 1.165) is 104 Å². The smallest absolute Gasteiger partial charge is 0.237 e. The Morgan fingerprint density at radius 3 is 1.04 bits per heavy atom. The fourth-order valence-electron chi connectivity index (χ4n) is 23.8. The Morgan fingerprint density at radius 2 is 0.557 bits per heavy atom. The lowest BCUT2D eigenvalue weighted by molar-refractivity contribution is 1.01. The molecule has 15 aromatic heterocycles. The van der Waals surface area contributed by atoms with Crippen LogP contribution in [0, 0.1) is 13.1 Å². The molecular formula is C124H66N16. The summed E-state index contributed by atoms with van der Waals surface area (Å²) >= 11 is 0. The summed E-state index contributed by atoms with van der Waals surface area (Å²) in [4.78, 5) is 47.9. The molecule has 0 unspecified atom stereocenters. The van der Waals surface area contributed by atoms with E-state index >= 15 is 0 Å². The molecule has 0 atom stereocenters. The zero-order valence-corrected chi connectivity index (χ0v) is 74.3. The second kappa shape index (κ2) is 28.4. The fourth-order valence-corrected chi connectivity index (χ4v) is 23.8. The van der Waals surface area contributed by atoms with Crippen LogP contribution in [0.3, 0.4) is 0 Å². The summed E-state index contributed by atoms with van der Waals surface area (Å²) in [5.41, 5.74) is 25.6. The van der Waals surface area contributed by atoms with E-state index in [9.17, 15) is 0 Å². The second-order valence-corrected chi connectivity index (χ2v) is 36.5. The van der Waals surface area contributed by atoms with Crippen molar-refractivity contribution in [3.8, 4) is 40.2 Å². The van der Waals surface area contributed by atoms with Gasteiger partial charge in [0.15, 0.2) is 17.0 Å². The number of benzene rings is 18.